The Hall–Kier alpha value is -1.82. The number of fused-ring (bicyclic) bond motifs is 7. The second-order valence-electron chi connectivity index (χ2n) is 6.76. The molecule has 0 saturated carbocycles. The predicted molar refractivity (Wildman–Crippen MR) is 113 cm³/mol. The summed E-state index contributed by atoms with van der Waals surface area (Å²) in [7, 11) is 0. The molecule has 2 aromatic heterocycles. The summed E-state index contributed by atoms with van der Waals surface area (Å²) in [6.45, 7) is 2.18. The third-order valence-electron chi connectivity index (χ3n) is 5.06. The molecule has 6 aromatic rings. The van der Waals surface area contributed by atoms with Crippen molar-refractivity contribution < 1.29 is 0 Å². The Morgan fingerprint density at radius 3 is 1.80 bits per heavy atom. The van der Waals surface area contributed by atoms with Crippen molar-refractivity contribution in [3.63, 3.8) is 0 Å². The van der Waals surface area contributed by atoms with Crippen LogP contribution in [0, 0.1) is 6.92 Å². The molecule has 0 N–H and O–H groups in total. The number of aryl methyl sites for hydroxylation is 1. The van der Waals surface area contributed by atoms with E-state index in [1.54, 1.807) is 17.0 Å². The van der Waals surface area contributed by atoms with Crippen LogP contribution in [0.1, 0.15) is 5.56 Å². The van der Waals surface area contributed by atoms with Gasteiger partial charge in [0.1, 0.15) is 0 Å². The fourth-order valence-electron chi connectivity index (χ4n) is 3.81. The van der Waals surface area contributed by atoms with Gasteiger partial charge in [0.2, 0.25) is 0 Å². The van der Waals surface area contributed by atoms with E-state index in [1.165, 1.54) is 37.9 Å². The maximum atomic E-state index is 2.45. The molecular weight excluding hydrogens is 434 g/mol. The first kappa shape index (κ1) is 14.4. The van der Waals surface area contributed by atoms with Gasteiger partial charge in [0.15, 0.2) is 0 Å². The molecule has 0 radical (unpaired) electrons. The molecule has 0 fully saturated rings. The summed E-state index contributed by atoms with van der Waals surface area (Å²) < 4.78 is 6.45. The molecule has 0 aliphatic rings. The van der Waals surface area contributed by atoms with E-state index in [1.807, 2.05) is 0 Å². The van der Waals surface area contributed by atoms with Crippen LogP contribution >= 0.6 is 0 Å². The maximum absolute atomic E-state index is 2.45. The Kier molecular flexibility index (Phi) is 2.93. The summed E-state index contributed by atoms with van der Waals surface area (Å²) >= 11 is 0.887. The topological polar surface area (TPSA) is 0 Å². The molecule has 0 nitrogen and oxygen atoms in total. The van der Waals surface area contributed by atoms with Gasteiger partial charge in [0.05, 0.1) is 0 Å². The third kappa shape index (κ3) is 2.06. The van der Waals surface area contributed by atoms with Crippen molar-refractivity contribution in [1.82, 2.24) is 0 Å². The van der Waals surface area contributed by atoms with Gasteiger partial charge in [-0.3, -0.25) is 0 Å². The fourth-order valence-corrected chi connectivity index (χ4v) is 10.2. The van der Waals surface area contributed by atoms with Gasteiger partial charge in [-0.25, -0.2) is 0 Å². The van der Waals surface area contributed by atoms with Crippen LogP contribution in [0.15, 0.2) is 66.7 Å². The van der Waals surface area contributed by atoms with Gasteiger partial charge in [0, 0.05) is 0 Å². The molecule has 0 aliphatic carbocycles. The fraction of sp³-hybridized carbons (Fsp3) is 0.0435. The van der Waals surface area contributed by atoms with E-state index in [-0.39, 0.29) is 0 Å². The molecule has 6 rings (SSSR count). The Labute approximate surface area is 157 Å². The van der Waals surface area contributed by atoms with Crippen molar-refractivity contribution in [3.05, 3.63) is 72.3 Å². The molecule has 0 aliphatic heterocycles. The summed E-state index contributed by atoms with van der Waals surface area (Å²) in [6, 6.07) is 25.4. The molecule has 0 spiro atoms. The third-order valence-corrected chi connectivity index (χ3v) is 10.7. The summed E-state index contributed by atoms with van der Waals surface area (Å²) in [5, 5.41) is 8.60. The molecule has 118 valence electrons. The van der Waals surface area contributed by atoms with E-state index in [9.17, 15) is 0 Å². The zero-order valence-corrected chi connectivity index (χ0v) is 17.1. The molecule has 2 heteroatoms. The van der Waals surface area contributed by atoms with Crippen LogP contribution in [0.4, 0.5) is 0 Å². The normalized spacial score (nSPS) is 12.2. The van der Waals surface area contributed by atoms with E-state index in [0.717, 1.165) is 0 Å². The Morgan fingerprint density at radius 2 is 1.12 bits per heavy atom. The van der Waals surface area contributed by atoms with Crippen LogP contribution in [-0.4, -0.2) is 29.0 Å². The summed E-state index contributed by atoms with van der Waals surface area (Å²) in [4.78, 5) is 0. The molecule has 0 unspecified atom stereocenters. The number of hydrogen-bond donors (Lipinski definition) is 0. The quantitative estimate of drug-likeness (QED) is 0.255. The first-order valence-corrected chi connectivity index (χ1v) is 11.9. The minimum absolute atomic E-state index is 0.443. The van der Waals surface area contributed by atoms with Crippen LogP contribution in [0.3, 0.4) is 0 Å². The average molecular weight is 448 g/mol. The standard InChI is InChI=1S/C23H14Se2/c1-13-6-7-16-10-19-21(12-17(16)8-13)25-22-18-9-14-4-2-3-5-15(14)11-20(18)24-23(19)22/h2-12H,1H3. The second kappa shape index (κ2) is 5.10. The first-order chi connectivity index (χ1) is 12.3. The number of rotatable bonds is 0. The number of benzene rings is 4. The zero-order chi connectivity index (χ0) is 16.5. The Balaban J connectivity index is 1.78. The Bertz CT molecular complexity index is 1450. The van der Waals surface area contributed by atoms with Crippen LogP contribution in [-0.2, 0) is 0 Å². The number of hydrogen-bond acceptors (Lipinski definition) is 0. The zero-order valence-electron chi connectivity index (χ0n) is 13.7. The van der Waals surface area contributed by atoms with Gasteiger partial charge in [-0.2, -0.15) is 0 Å². The molecule has 0 atom stereocenters. The summed E-state index contributed by atoms with van der Waals surface area (Å²) in [5.74, 6) is 0. The average Bonchev–Trinajstić information content (AvgIpc) is 3.13. The van der Waals surface area contributed by atoms with E-state index >= 15 is 0 Å². The van der Waals surface area contributed by atoms with Crippen LogP contribution in [0.5, 0.6) is 0 Å². The molecule has 0 saturated heterocycles. The second-order valence-corrected chi connectivity index (χ2v) is 11.2. The van der Waals surface area contributed by atoms with E-state index in [0.29, 0.717) is 29.0 Å². The predicted octanol–water partition coefficient (Wildman–Crippen LogP) is 5.88. The summed E-state index contributed by atoms with van der Waals surface area (Å²) in [5.41, 5.74) is 1.35. The van der Waals surface area contributed by atoms with Crippen LogP contribution < -0.4 is 0 Å². The van der Waals surface area contributed by atoms with Gasteiger partial charge >= 0.3 is 158 Å². The van der Waals surface area contributed by atoms with Gasteiger partial charge in [-0.15, -0.1) is 0 Å². The van der Waals surface area contributed by atoms with Crippen molar-refractivity contribution in [2.24, 2.45) is 0 Å². The van der Waals surface area contributed by atoms with E-state index in [4.69, 9.17) is 0 Å². The van der Waals surface area contributed by atoms with Crippen molar-refractivity contribution in [2.45, 2.75) is 6.92 Å². The van der Waals surface area contributed by atoms with Gasteiger partial charge in [0.25, 0.3) is 0 Å². The molecule has 4 aromatic carbocycles. The van der Waals surface area contributed by atoms with Crippen molar-refractivity contribution in [3.8, 4) is 0 Å². The Morgan fingerprint density at radius 1 is 0.560 bits per heavy atom. The molecular formula is C23H14Se2. The molecule has 0 amide bonds. The van der Waals surface area contributed by atoms with Crippen LogP contribution in [0.2, 0.25) is 0 Å². The SMILES string of the molecule is Cc1ccc2cc3c(cc2c1)[se]c1c2cc4ccccc4cc2[se]c31. The van der Waals surface area contributed by atoms with Crippen molar-refractivity contribution in [2.75, 3.05) is 0 Å². The van der Waals surface area contributed by atoms with Gasteiger partial charge in [-0.05, 0) is 0 Å². The van der Waals surface area contributed by atoms with E-state index in [2.05, 4.69) is 73.7 Å². The monoisotopic (exact) mass is 450 g/mol. The van der Waals surface area contributed by atoms with Crippen molar-refractivity contribution in [1.29, 1.82) is 0 Å². The van der Waals surface area contributed by atoms with Crippen LogP contribution in [0.25, 0.3) is 49.4 Å². The van der Waals surface area contributed by atoms with Crippen molar-refractivity contribution >= 4 is 78.4 Å². The van der Waals surface area contributed by atoms with E-state index < -0.39 is 0 Å². The minimum atomic E-state index is 0.443. The van der Waals surface area contributed by atoms with Gasteiger partial charge < -0.3 is 0 Å². The molecule has 0 bridgehead atoms. The first-order valence-electron chi connectivity index (χ1n) is 8.44. The summed E-state index contributed by atoms with van der Waals surface area (Å²) in [6.07, 6.45) is 0. The molecule has 2 heterocycles. The van der Waals surface area contributed by atoms with Gasteiger partial charge in [-0.1, -0.05) is 0 Å². The molecule has 25 heavy (non-hydrogen) atoms.